The predicted molar refractivity (Wildman–Crippen MR) is 185 cm³/mol. The number of esters is 2. The molecule has 266 valence electrons. The number of carbonyl (C=O) groups is 3. The van der Waals surface area contributed by atoms with E-state index >= 15 is 0 Å². The summed E-state index contributed by atoms with van der Waals surface area (Å²) in [4.78, 5) is 36.5. The van der Waals surface area contributed by atoms with Gasteiger partial charge in [-0.05, 0) is 38.5 Å². The van der Waals surface area contributed by atoms with E-state index in [1.807, 2.05) is 0 Å². The highest BCUT2D eigenvalue weighted by Crippen LogP contribution is 2.13. The molecule has 0 aliphatic carbocycles. The van der Waals surface area contributed by atoms with Gasteiger partial charge in [-0.15, -0.1) is 0 Å². The van der Waals surface area contributed by atoms with Gasteiger partial charge in [0, 0.05) is 19.3 Å². The zero-order valence-electron chi connectivity index (χ0n) is 30.0. The average Bonchev–Trinajstić information content (AvgIpc) is 3.00. The molecule has 0 bridgehead atoms. The number of allylic oxidation sites excluding steroid dienone is 6. The van der Waals surface area contributed by atoms with Crippen LogP contribution in [0.25, 0.3) is 0 Å². The van der Waals surface area contributed by atoms with E-state index < -0.39 is 18.1 Å². The van der Waals surface area contributed by atoms with E-state index in [4.69, 9.17) is 14.2 Å². The highest BCUT2D eigenvalue weighted by molar-refractivity contribution is 5.70. The lowest BCUT2D eigenvalue weighted by Gasteiger charge is -2.34. The van der Waals surface area contributed by atoms with E-state index in [9.17, 15) is 19.5 Å². The molecule has 0 radical (unpaired) electrons. The van der Waals surface area contributed by atoms with Crippen LogP contribution in [0.3, 0.4) is 0 Å². The Morgan fingerprint density at radius 2 is 1.22 bits per heavy atom. The summed E-state index contributed by atoms with van der Waals surface area (Å²) in [6, 6.07) is -0.730. The van der Waals surface area contributed by atoms with Crippen molar-refractivity contribution in [3.8, 4) is 0 Å². The third-order valence-corrected chi connectivity index (χ3v) is 7.79. The number of carbonyl (C=O) groups excluding carboxylic acids is 3. The van der Waals surface area contributed by atoms with Crippen LogP contribution in [0.1, 0.15) is 136 Å². The molecule has 0 aliphatic rings. The quantitative estimate of drug-likeness (QED) is 0.0334. The second kappa shape index (κ2) is 29.9. The number of ether oxygens (including phenoxy) is 3. The van der Waals surface area contributed by atoms with E-state index in [2.05, 4.69) is 50.3 Å². The van der Waals surface area contributed by atoms with Gasteiger partial charge in [-0.1, -0.05) is 115 Å². The minimum Gasteiger partial charge on any atom is -0.544 e. The first-order valence-electron chi connectivity index (χ1n) is 18.0. The summed E-state index contributed by atoms with van der Waals surface area (Å²) < 4.78 is 17.0. The van der Waals surface area contributed by atoms with Crippen LogP contribution >= 0.6 is 0 Å². The largest absolute Gasteiger partial charge is 0.544 e. The fourth-order valence-electron chi connectivity index (χ4n) is 4.97. The third-order valence-electron chi connectivity index (χ3n) is 7.79. The number of carboxylic acids is 1. The average molecular weight is 650 g/mol. The van der Waals surface area contributed by atoms with Crippen LogP contribution in [0.2, 0.25) is 0 Å². The Hall–Kier alpha value is -2.45. The molecule has 0 spiro atoms. The molecular weight excluding hydrogens is 582 g/mol. The predicted octanol–water partition coefficient (Wildman–Crippen LogP) is 7.40. The first-order chi connectivity index (χ1) is 22.1. The Labute approximate surface area is 281 Å². The van der Waals surface area contributed by atoms with Gasteiger partial charge in [0.1, 0.15) is 12.6 Å². The molecule has 0 saturated heterocycles. The van der Waals surface area contributed by atoms with Crippen molar-refractivity contribution >= 4 is 17.9 Å². The molecule has 0 aromatic carbocycles. The third kappa shape index (κ3) is 27.8. The Bertz CT molecular complexity index is 860. The fraction of sp³-hybridized carbons (Fsp3) is 0.763. The van der Waals surface area contributed by atoms with Crippen LogP contribution in [-0.2, 0) is 28.6 Å². The Balaban J connectivity index is 4.53. The van der Waals surface area contributed by atoms with Crippen molar-refractivity contribution in [2.24, 2.45) is 0 Å². The van der Waals surface area contributed by atoms with Gasteiger partial charge < -0.3 is 28.6 Å². The van der Waals surface area contributed by atoms with Gasteiger partial charge in [-0.2, -0.15) is 0 Å². The van der Waals surface area contributed by atoms with E-state index in [1.165, 1.54) is 51.4 Å². The molecule has 0 aliphatic heterocycles. The molecule has 2 unspecified atom stereocenters. The number of unbranched alkanes of at least 4 members (excludes halogenated alkanes) is 11. The standard InChI is InChI=1S/C38H67NO7/c1-6-8-10-12-14-16-18-20-22-24-26-28-36(40)45-33-34(32-44-31-30-35(38(42)43)39(3,4)5)46-37(41)29-27-25-23-21-19-17-15-13-11-9-7-2/h9,11,15,17,21,23,34-35H,6-8,10,12-14,16,18-20,22,24-33H2,1-5H3/b11-9+,17-15+,23-21+. The molecule has 0 amide bonds. The number of quaternary nitrogens is 1. The summed E-state index contributed by atoms with van der Waals surface area (Å²) in [6.45, 7) is 4.45. The minimum atomic E-state index is -1.13. The van der Waals surface area contributed by atoms with Crippen molar-refractivity contribution in [2.75, 3.05) is 41.0 Å². The zero-order valence-corrected chi connectivity index (χ0v) is 30.0. The number of nitrogens with zero attached hydrogens (tertiary/aromatic N) is 1. The lowest BCUT2D eigenvalue weighted by Crippen LogP contribution is -2.55. The Morgan fingerprint density at radius 1 is 0.674 bits per heavy atom. The van der Waals surface area contributed by atoms with Gasteiger partial charge in [0.05, 0.1) is 40.3 Å². The van der Waals surface area contributed by atoms with Crippen LogP contribution in [0.15, 0.2) is 36.5 Å². The zero-order chi connectivity index (χ0) is 34.3. The van der Waals surface area contributed by atoms with Gasteiger partial charge in [0.15, 0.2) is 6.10 Å². The molecule has 0 aromatic heterocycles. The van der Waals surface area contributed by atoms with Crippen LogP contribution in [0.4, 0.5) is 0 Å². The smallest absolute Gasteiger partial charge is 0.306 e. The molecule has 0 fully saturated rings. The summed E-state index contributed by atoms with van der Waals surface area (Å²) in [5, 5.41) is 11.5. The first kappa shape index (κ1) is 43.5. The van der Waals surface area contributed by atoms with Crippen LogP contribution in [0.5, 0.6) is 0 Å². The molecule has 0 N–H and O–H groups in total. The maximum atomic E-state index is 12.6. The topological polar surface area (TPSA) is 102 Å². The number of carboxylic acid groups (broad SMARTS) is 1. The van der Waals surface area contributed by atoms with Crippen molar-refractivity contribution in [1.82, 2.24) is 0 Å². The highest BCUT2D eigenvalue weighted by atomic mass is 16.6. The van der Waals surface area contributed by atoms with Crippen LogP contribution in [-0.4, -0.2) is 75.5 Å². The molecule has 0 aromatic rings. The van der Waals surface area contributed by atoms with Crippen LogP contribution in [0, 0.1) is 0 Å². The lowest BCUT2D eigenvalue weighted by molar-refractivity contribution is -0.889. The second-order valence-corrected chi connectivity index (χ2v) is 13.1. The Kier molecular flexibility index (Phi) is 28.3. The van der Waals surface area contributed by atoms with E-state index in [1.54, 1.807) is 21.1 Å². The Morgan fingerprint density at radius 3 is 1.78 bits per heavy atom. The number of likely N-dealkylation sites (N-methyl/N-ethyl adjacent to an activating group) is 1. The fourth-order valence-corrected chi connectivity index (χ4v) is 4.97. The molecule has 2 atom stereocenters. The summed E-state index contributed by atoms with van der Waals surface area (Å²) >= 11 is 0. The summed E-state index contributed by atoms with van der Waals surface area (Å²) in [6.07, 6.45) is 30.4. The lowest BCUT2D eigenvalue weighted by atomic mass is 10.1. The maximum Gasteiger partial charge on any atom is 0.306 e. The summed E-state index contributed by atoms with van der Waals surface area (Å²) in [7, 11) is 5.37. The molecular formula is C38H67NO7. The van der Waals surface area contributed by atoms with Crippen LogP contribution < -0.4 is 5.11 Å². The van der Waals surface area contributed by atoms with E-state index in [0.717, 1.165) is 44.9 Å². The van der Waals surface area contributed by atoms with Crippen molar-refractivity contribution < 1.29 is 38.2 Å². The van der Waals surface area contributed by atoms with E-state index in [0.29, 0.717) is 12.8 Å². The van der Waals surface area contributed by atoms with E-state index in [-0.39, 0.29) is 49.1 Å². The van der Waals surface area contributed by atoms with Crippen molar-refractivity contribution in [3.05, 3.63) is 36.5 Å². The van der Waals surface area contributed by atoms with Crippen molar-refractivity contribution in [2.45, 2.75) is 148 Å². The monoisotopic (exact) mass is 649 g/mol. The first-order valence-corrected chi connectivity index (χ1v) is 18.0. The van der Waals surface area contributed by atoms with Gasteiger partial charge in [-0.3, -0.25) is 9.59 Å². The van der Waals surface area contributed by atoms with Gasteiger partial charge in [0.25, 0.3) is 0 Å². The van der Waals surface area contributed by atoms with Gasteiger partial charge in [-0.25, -0.2) is 0 Å². The molecule has 0 saturated carbocycles. The summed E-state index contributed by atoms with van der Waals surface area (Å²) in [5.41, 5.74) is 0. The summed E-state index contributed by atoms with van der Waals surface area (Å²) in [5.74, 6) is -1.81. The highest BCUT2D eigenvalue weighted by Gasteiger charge is 2.25. The molecule has 0 rings (SSSR count). The molecule has 46 heavy (non-hydrogen) atoms. The molecule has 8 heteroatoms. The normalized spacial score (nSPS) is 13.5. The van der Waals surface area contributed by atoms with Crippen molar-refractivity contribution in [3.63, 3.8) is 0 Å². The molecule has 0 heterocycles. The minimum absolute atomic E-state index is 0.0219. The number of aliphatic carboxylic acids is 1. The van der Waals surface area contributed by atoms with Gasteiger partial charge >= 0.3 is 11.9 Å². The number of rotatable bonds is 31. The maximum absolute atomic E-state index is 12.6. The van der Waals surface area contributed by atoms with Gasteiger partial charge in [0.2, 0.25) is 0 Å². The van der Waals surface area contributed by atoms with Crippen molar-refractivity contribution in [1.29, 1.82) is 0 Å². The second-order valence-electron chi connectivity index (χ2n) is 13.1. The SMILES string of the molecule is CC/C=C/C/C=C/C/C=C/CCCC(=O)OC(COCCC(C(=O)[O-])[N+](C)(C)C)COC(=O)CCCCCCCCCCCCC. The molecule has 8 nitrogen and oxygen atoms in total. The number of hydrogen-bond donors (Lipinski definition) is 0. The number of hydrogen-bond acceptors (Lipinski definition) is 7.